The molecule has 0 radical (unpaired) electrons. The topological polar surface area (TPSA) is 24.9 Å². The van der Waals surface area contributed by atoms with Crippen molar-refractivity contribution < 1.29 is 0 Å². The third kappa shape index (κ3) is 3.40. The molecule has 0 aliphatic rings. The molecule has 2 heterocycles. The Morgan fingerprint density at radius 1 is 1.28 bits per heavy atom. The average molecular weight is 280 g/mol. The van der Waals surface area contributed by atoms with Crippen LogP contribution in [0.1, 0.15) is 41.2 Å². The lowest BCUT2D eigenvalue weighted by molar-refractivity contribution is 0.524. The van der Waals surface area contributed by atoms with Crippen molar-refractivity contribution in [2.24, 2.45) is 0 Å². The molecule has 4 heteroatoms. The summed E-state index contributed by atoms with van der Waals surface area (Å²) in [5.74, 6) is 0. The van der Waals surface area contributed by atoms with Crippen LogP contribution in [0.25, 0.3) is 0 Å². The summed E-state index contributed by atoms with van der Waals surface area (Å²) in [5, 5.41) is 11.5. The first-order chi connectivity index (χ1) is 8.70. The van der Waals surface area contributed by atoms with Crippen LogP contribution in [0, 0.1) is 13.8 Å². The SMILES string of the molecule is CCCNC(Cc1csc(C)n1)c1cscc1C. The second-order valence-electron chi connectivity index (χ2n) is 4.58. The van der Waals surface area contributed by atoms with Crippen molar-refractivity contribution in [2.75, 3.05) is 6.54 Å². The maximum atomic E-state index is 4.58. The molecule has 0 aliphatic heterocycles. The first kappa shape index (κ1) is 13.7. The van der Waals surface area contributed by atoms with Crippen LogP contribution in [-0.4, -0.2) is 11.5 Å². The van der Waals surface area contributed by atoms with Gasteiger partial charge in [-0.05, 0) is 48.7 Å². The van der Waals surface area contributed by atoms with Crippen LogP contribution in [-0.2, 0) is 6.42 Å². The molecule has 0 saturated heterocycles. The molecule has 2 aromatic rings. The van der Waals surface area contributed by atoms with E-state index in [4.69, 9.17) is 0 Å². The number of nitrogens with zero attached hydrogens (tertiary/aromatic N) is 1. The van der Waals surface area contributed by atoms with Gasteiger partial charge in [-0.15, -0.1) is 11.3 Å². The highest BCUT2D eigenvalue weighted by Gasteiger charge is 2.15. The second-order valence-corrected chi connectivity index (χ2v) is 6.38. The Morgan fingerprint density at radius 3 is 2.67 bits per heavy atom. The van der Waals surface area contributed by atoms with E-state index in [1.54, 1.807) is 22.7 Å². The molecule has 2 aromatic heterocycles. The van der Waals surface area contributed by atoms with Crippen molar-refractivity contribution in [1.82, 2.24) is 10.3 Å². The molecule has 2 nitrogen and oxygen atoms in total. The smallest absolute Gasteiger partial charge is 0.0897 e. The molecule has 0 amide bonds. The fraction of sp³-hybridized carbons (Fsp3) is 0.500. The summed E-state index contributed by atoms with van der Waals surface area (Å²) in [6.07, 6.45) is 2.15. The zero-order valence-corrected chi connectivity index (χ0v) is 12.8. The van der Waals surface area contributed by atoms with Gasteiger partial charge in [-0.1, -0.05) is 6.92 Å². The van der Waals surface area contributed by atoms with E-state index in [1.165, 1.54) is 16.8 Å². The normalized spacial score (nSPS) is 12.8. The van der Waals surface area contributed by atoms with Crippen LogP contribution >= 0.6 is 22.7 Å². The van der Waals surface area contributed by atoms with Gasteiger partial charge in [0.2, 0.25) is 0 Å². The molecule has 0 spiro atoms. The minimum atomic E-state index is 0.401. The summed E-state index contributed by atoms with van der Waals surface area (Å²) < 4.78 is 0. The first-order valence-electron chi connectivity index (χ1n) is 6.37. The number of aryl methyl sites for hydroxylation is 2. The largest absolute Gasteiger partial charge is 0.310 e. The van der Waals surface area contributed by atoms with Crippen LogP contribution in [0.5, 0.6) is 0 Å². The van der Waals surface area contributed by atoms with Gasteiger partial charge in [0, 0.05) is 17.8 Å². The first-order valence-corrected chi connectivity index (χ1v) is 8.20. The number of nitrogens with one attached hydrogen (secondary N) is 1. The highest BCUT2D eigenvalue weighted by atomic mass is 32.1. The van der Waals surface area contributed by atoms with E-state index in [0.717, 1.165) is 24.4 Å². The van der Waals surface area contributed by atoms with E-state index < -0.39 is 0 Å². The molecule has 2 rings (SSSR count). The van der Waals surface area contributed by atoms with E-state index in [0.29, 0.717) is 6.04 Å². The second kappa shape index (κ2) is 6.45. The Hall–Kier alpha value is -0.710. The number of hydrogen-bond acceptors (Lipinski definition) is 4. The van der Waals surface area contributed by atoms with Crippen LogP contribution in [0.4, 0.5) is 0 Å². The van der Waals surface area contributed by atoms with Crippen LogP contribution in [0.15, 0.2) is 16.1 Å². The monoisotopic (exact) mass is 280 g/mol. The summed E-state index contributed by atoms with van der Waals surface area (Å²) in [6, 6.07) is 0.401. The Kier molecular flexibility index (Phi) is 4.92. The average Bonchev–Trinajstić information content (AvgIpc) is 2.93. The van der Waals surface area contributed by atoms with Gasteiger partial charge in [-0.2, -0.15) is 11.3 Å². The molecule has 98 valence electrons. The Morgan fingerprint density at radius 2 is 2.11 bits per heavy atom. The van der Waals surface area contributed by atoms with Crippen molar-refractivity contribution >= 4 is 22.7 Å². The molecule has 18 heavy (non-hydrogen) atoms. The van der Waals surface area contributed by atoms with Crippen LogP contribution in [0.2, 0.25) is 0 Å². The van der Waals surface area contributed by atoms with Gasteiger partial charge < -0.3 is 5.32 Å². The van der Waals surface area contributed by atoms with E-state index in [1.807, 2.05) is 0 Å². The Labute approximate surface area is 117 Å². The molecular weight excluding hydrogens is 260 g/mol. The van der Waals surface area contributed by atoms with Crippen molar-refractivity contribution in [3.8, 4) is 0 Å². The van der Waals surface area contributed by atoms with Crippen LogP contribution < -0.4 is 5.32 Å². The molecule has 1 N–H and O–H groups in total. The predicted molar refractivity (Wildman–Crippen MR) is 80.6 cm³/mol. The number of aromatic nitrogens is 1. The lowest BCUT2D eigenvalue weighted by Gasteiger charge is -2.17. The van der Waals surface area contributed by atoms with Gasteiger partial charge in [0.05, 0.1) is 10.7 Å². The van der Waals surface area contributed by atoms with E-state index in [9.17, 15) is 0 Å². The van der Waals surface area contributed by atoms with Crippen molar-refractivity contribution in [3.63, 3.8) is 0 Å². The molecule has 0 saturated carbocycles. The van der Waals surface area contributed by atoms with E-state index in [-0.39, 0.29) is 0 Å². The third-order valence-electron chi connectivity index (χ3n) is 2.99. The summed E-state index contributed by atoms with van der Waals surface area (Å²) in [7, 11) is 0. The van der Waals surface area contributed by atoms with Gasteiger partial charge in [-0.3, -0.25) is 0 Å². The number of thiazole rings is 1. The molecule has 1 atom stereocenters. The zero-order chi connectivity index (χ0) is 13.0. The zero-order valence-electron chi connectivity index (χ0n) is 11.2. The fourth-order valence-corrected chi connectivity index (χ4v) is 3.58. The molecule has 0 aliphatic carbocycles. The van der Waals surface area contributed by atoms with Crippen molar-refractivity contribution in [2.45, 2.75) is 39.7 Å². The van der Waals surface area contributed by atoms with Crippen LogP contribution in [0.3, 0.4) is 0 Å². The van der Waals surface area contributed by atoms with E-state index >= 15 is 0 Å². The standard InChI is InChI=1S/C14H20N2S2/c1-4-5-15-14(13-9-17-7-10(13)2)6-12-8-18-11(3)16-12/h7-9,14-15H,4-6H2,1-3H3. The lowest BCUT2D eigenvalue weighted by atomic mass is 10.0. The van der Waals surface area contributed by atoms with Crippen molar-refractivity contribution in [1.29, 1.82) is 0 Å². The molecular formula is C14H20N2S2. The van der Waals surface area contributed by atoms with E-state index in [2.05, 4.69) is 47.2 Å². The third-order valence-corrected chi connectivity index (χ3v) is 4.69. The molecule has 0 fully saturated rings. The number of rotatable bonds is 6. The highest BCUT2D eigenvalue weighted by molar-refractivity contribution is 7.09. The Balaban J connectivity index is 2.12. The molecule has 0 bridgehead atoms. The van der Waals surface area contributed by atoms with Gasteiger partial charge in [-0.25, -0.2) is 4.98 Å². The predicted octanol–water partition coefficient (Wildman–Crippen LogP) is 4.10. The summed E-state index contributed by atoms with van der Waals surface area (Å²) in [6.45, 7) is 7.53. The summed E-state index contributed by atoms with van der Waals surface area (Å²) >= 11 is 3.52. The molecule has 1 unspecified atom stereocenters. The van der Waals surface area contributed by atoms with Gasteiger partial charge >= 0.3 is 0 Å². The highest BCUT2D eigenvalue weighted by Crippen LogP contribution is 2.25. The summed E-state index contributed by atoms with van der Waals surface area (Å²) in [5.41, 5.74) is 4.02. The minimum Gasteiger partial charge on any atom is -0.310 e. The molecule has 0 aromatic carbocycles. The lowest BCUT2D eigenvalue weighted by Crippen LogP contribution is -2.24. The Bertz CT molecular complexity index is 487. The minimum absolute atomic E-state index is 0.401. The maximum Gasteiger partial charge on any atom is 0.0897 e. The summed E-state index contributed by atoms with van der Waals surface area (Å²) in [4.78, 5) is 4.58. The van der Waals surface area contributed by atoms with Gasteiger partial charge in [0.25, 0.3) is 0 Å². The number of hydrogen-bond donors (Lipinski definition) is 1. The van der Waals surface area contributed by atoms with Crippen molar-refractivity contribution in [3.05, 3.63) is 38.0 Å². The number of thiophene rings is 1. The fourth-order valence-electron chi connectivity index (χ4n) is 2.05. The quantitative estimate of drug-likeness (QED) is 0.861. The van der Waals surface area contributed by atoms with Gasteiger partial charge in [0.15, 0.2) is 0 Å². The maximum absolute atomic E-state index is 4.58. The van der Waals surface area contributed by atoms with Gasteiger partial charge in [0.1, 0.15) is 0 Å².